The Morgan fingerprint density at radius 1 is 1.11 bits per heavy atom. The molecule has 7 heteroatoms. The van der Waals surface area contributed by atoms with E-state index in [1.165, 1.54) is 5.56 Å². The van der Waals surface area contributed by atoms with Crippen LogP contribution in [0.3, 0.4) is 0 Å². The number of benzene rings is 1. The third-order valence-electron chi connectivity index (χ3n) is 4.64. The van der Waals surface area contributed by atoms with Crippen LogP contribution in [0.15, 0.2) is 42.6 Å². The first-order chi connectivity index (χ1) is 13.2. The Morgan fingerprint density at radius 3 is 2.52 bits per heavy atom. The van der Waals surface area contributed by atoms with Crippen molar-refractivity contribution in [1.82, 2.24) is 14.9 Å². The first-order valence-corrected chi connectivity index (χ1v) is 9.49. The van der Waals surface area contributed by atoms with E-state index in [1.807, 2.05) is 25.3 Å². The molecule has 1 amide bonds. The van der Waals surface area contributed by atoms with Gasteiger partial charge in [-0.2, -0.15) is 4.98 Å². The van der Waals surface area contributed by atoms with Gasteiger partial charge in [0.15, 0.2) is 0 Å². The van der Waals surface area contributed by atoms with E-state index in [0.717, 1.165) is 18.9 Å². The summed E-state index contributed by atoms with van der Waals surface area (Å²) in [6.45, 7) is 8.66. The quantitative estimate of drug-likeness (QED) is 0.780. The Bertz CT molecular complexity index is 732. The predicted molar refractivity (Wildman–Crippen MR) is 106 cm³/mol. The van der Waals surface area contributed by atoms with Crippen LogP contribution in [-0.4, -0.2) is 60.3 Å². The maximum Gasteiger partial charge on any atom is 0.409 e. The fraction of sp³-hybridized carbons (Fsp3) is 0.450. The molecular weight excluding hydrogens is 342 g/mol. The Hall–Kier alpha value is -2.83. The van der Waals surface area contributed by atoms with Crippen molar-refractivity contribution in [3.8, 4) is 0 Å². The lowest BCUT2D eigenvalue weighted by molar-refractivity contribution is 0.105. The molecule has 0 radical (unpaired) electrons. The van der Waals surface area contributed by atoms with Gasteiger partial charge in [0.05, 0.1) is 6.61 Å². The summed E-state index contributed by atoms with van der Waals surface area (Å²) in [7, 11) is 0. The summed E-state index contributed by atoms with van der Waals surface area (Å²) < 4.78 is 5.07. The SMILES string of the molecule is CCOC(=O)N1CCN(c2nccc(N(CC)Cc3ccccc3)n2)CC1. The van der Waals surface area contributed by atoms with E-state index in [4.69, 9.17) is 9.72 Å². The summed E-state index contributed by atoms with van der Waals surface area (Å²) in [5.74, 6) is 1.63. The average molecular weight is 369 g/mol. The summed E-state index contributed by atoms with van der Waals surface area (Å²) in [4.78, 5) is 27.2. The fourth-order valence-electron chi connectivity index (χ4n) is 3.13. The van der Waals surface area contributed by atoms with E-state index in [0.29, 0.717) is 38.7 Å². The van der Waals surface area contributed by atoms with E-state index in [9.17, 15) is 4.79 Å². The number of amides is 1. The van der Waals surface area contributed by atoms with E-state index < -0.39 is 0 Å². The van der Waals surface area contributed by atoms with Gasteiger partial charge in [0, 0.05) is 45.5 Å². The number of piperazine rings is 1. The van der Waals surface area contributed by atoms with Crippen LogP contribution < -0.4 is 9.80 Å². The van der Waals surface area contributed by atoms with Crippen LogP contribution in [0.1, 0.15) is 19.4 Å². The van der Waals surface area contributed by atoms with Gasteiger partial charge in [0.2, 0.25) is 5.95 Å². The monoisotopic (exact) mass is 369 g/mol. The minimum absolute atomic E-state index is 0.244. The van der Waals surface area contributed by atoms with Gasteiger partial charge in [-0.1, -0.05) is 30.3 Å². The maximum absolute atomic E-state index is 11.8. The fourth-order valence-corrected chi connectivity index (χ4v) is 3.13. The molecule has 3 rings (SSSR count). The summed E-state index contributed by atoms with van der Waals surface area (Å²) in [5, 5.41) is 0. The van der Waals surface area contributed by atoms with Crippen molar-refractivity contribution in [2.75, 3.05) is 49.1 Å². The number of hydrogen-bond donors (Lipinski definition) is 0. The summed E-state index contributed by atoms with van der Waals surface area (Å²) in [5.41, 5.74) is 1.25. The van der Waals surface area contributed by atoms with Gasteiger partial charge in [-0.3, -0.25) is 0 Å². The van der Waals surface area contributed by atoms with E-state index >= 15 is 0 Å². The van der Waals surface area contributed by atoms with Gasteiger partial charge < -0.3 is 19.4 Å². The van der Waals surface area contributed by atoms with Crippen LogP contribution in [0.25, 0.3) is 0 Å². The highest BCUT2D eigenvalue weighted by Gasteiger charge is 2.23. The van der Waals surface area contributed by atoms with Crippen molar-refractivity contribution in [2.45, 2.75) is 20.4 Å². The largest absolute Gasteiger partial charge is 0.450 e. The first kappa shape index (κ1) is 18.9. The zero-order valence-corrected chi connectivity index (χ0v) is 16.0. The zero-order chi connectivity index (χ0) is 19.1. The molecule has 1 fully saturated rings. The second-order valence-electron chi connectivity index (χ2n) is 6.39. The van der Waals surface area contributed by atoms with Crippen molar-refractivity contribution in [3.05, 3.63) is 48.2 Å². The molecule has 144 valence electrons. The number of carbonyl (C=O) groups is 1. The molecule has 2 heterocycles. The first-order valence-electron chi connectivity index (χ1n) is 9.49. The number of rotatable bonds is 6. The molecule has 1 aromatic carbocycles. The number of nitrogens with zero attached hydrogens (tertiary/aromatic N) is 5. The number of carbonyl (C=O) groups excluding carboxylic acids is 1. The van der Waals surface area contributed by atoms with Crippen LogP contribution in [0, 0.1) is 0 Å². The van der Waals surface area contributed by atoms with Crippen molar-refractivity contribution in [1.29, 1.82) is 0 Å². The molecule has 1 aliphatic rings. The second-order valence-corrected chi connectivity index (χ2v) is 6.39. The highest BCUT2D eigenvalue weighted by Crippen LogP contribution is 2.18. The maximum atomic E-state index is 11.8. The van der Waals surface area contributed by atoms with Crippen LogP contribution in [0.5, 0.6) is 0 Å². The van der Waals surface area contributed by atoms with Crippen LogP contribution in [0.4, 0.5) is 16.6 Å². The minimum atomic E-state index is -0.244. The molecule has 2 aromatic rings. The smallest absolute Gasteiger partial charge is 0.409 e. The molecule has 27 heavy (non-hydrogen) atoms. The summed E-state index contributed by atoms with van der Waals surface area (Å²) in [6, 6.07) is 12.3. The molecule has 0 atom stereocenters. The lowest BCUT2D eigenvalue weighted by Crippen LogP contribution is -2.49. The van der Waals surface area contributed by atoms with E-state index in [1.54, 1.807) is 4.90 Å². The molecule has 0 bridgehead atoms. The highest BCUT2D eigenvalue weighted by molar-refractivity contribution is 5.68. The lowest BCUT2D eigenvalue weighted by Gasteiger charge is -2.34. The van der Waals surface area contributed by atoms with Crippen molar-refractivity contribution < 1.29 is 9.53 Å². The highest BCUT2D eigenvalue weighted by atomic mass is 16.6. The minimum Gasteiger partial charge on any atom is -0.450 e. The lowest BCUT2D eigenvalue weighted by atomic mass is 10.2. The zero-order valence-electron chi connectivity index (χ0n) is 16.0. The molecule has 0 aliphatic carbocycles. The number of ether oxygens (including phenoxy) is 1. The molecule has 1 aromatic heterocycles. The van der Waals surface area contributed by atoms with Gasteiger partial charge in [-0.15, -0.1) is 0 Å². The van der Waals surface area contributed by atoms with Gasteiger partial charge >= 0.3 is 6.09 Å². The molecule has 7 nitrogen and oxygen atoms in total. The van der Waals surface area contributed by atoms with Gasteiger partial charge in [-0.25, -0.2) is 9.78 Å². The normalized spacial score (nSPS) is 14.1. The second kappa shape index (κ2) is 9.21. The Labute approximate surface area is 160 Å². The third kappa shape index (κ3) is 4.87. The number of hydrogen-bond acceptors (Lipinski definition) is 6. The molecule has 1 aliphatic heterocycles. The predicted octanol–water partition coefficient (Wildman–Crippen LogP) is 2.78. The Morgan fingerprint density at radius 2 is 1.85 bits per heavy atom. The number of anilines is 2. The van der Waals surface area contributed by atoms with E-state index in [-0.39, 0.29) is 6.09 Å². The van der Waals surface area contributed by atoms with Crippen LogP contribution in [0.2, 0.25) is 0 Å². The molecule has 1 saturated heterocycles. The Kier molecular flexibility index (Phi) is 6.46. The van der Waals surface area contributed by atoms with Gasteiger partial charge in [-0.05, 0) is 25.5 Å². The van der Waals surface area contributed by atoms with Crippen molar-refractivity contribution >= 4 is 17.9 Å². The van der Waals surface area contributed by atoms with Gasteiger partial charge in [0.1, 0.15) is 5.82 Å². The summed E-state index contributed by atoms with van der Waals surface area (Å²) in [6.07, 6.45) is 1.56. The average Bonchev–Trinajstić information content (AvgIpc) is 2.73. The molecule has 0 spiro atoms. The Balaban J connectivity index is 1.66. The number of aromatic nitrogens is 2. The third-order valence-corrected chi connectivity index (χ3v) is 4.64. The topological polar surface area (TPSA) is 61.8 Å². The van der Waals surface area contributed by atoms with Gasteiger partial charge in [0.25, 0.3) is 0 Å². The molecule has 0 N–H and O–H groups in total. The van der Waals surface area contributed by atoms with Crippen LogP contribution in [-0.2, 0) is 11.3 Å². The van der Waals surface area contributed by atoms with Crippen molar-refractivity contribution in [2.24, 2.45) is 0 Å². The standard InChI is InChI=1S/C20H27N5O2/c1-3-23(16-17-8-6-5-7-9-17)18-10-11-21-19(22-18)24-12-14-25(15-13-24)20(26)27-4-2/h5-11H,3-4,12-16H2,1-2H3. The molecule has 0 saturated carbocycles. The molecular formula is C20H27N5O2. The van der Waals surface area contributed by atoms with E-state index in [2.05, 4.69) is 46.0 Å². The molecule has 0 unspecified atom stereocenters. The van der Waals surface area contributed by atoms with Crippen LogP contribution >= 0.6 is 0 Å². The van der Waals surface area contributed by atoms with Crippen molar-refractivity contribution in [3.63, 3.8) is 0 Å². The summed E-state index contributed by atoms with van der Waals surface area (Å²) >= 11 is 0.